The van der Waals surface area contributed by atoms with Crippen LogP contribution in [0.2, 0.25) is 0 Å². The summed E-state index contributed by atoms with van der Waals surface area (Å²) in [7, 11) is 1.55. The highest BCUT2D eigenvalue weighted by atomic mass is 19.4. The molecule has 0 spiro atoms. The van der Waals surface area contributed by atoms with Gasteiger partial charge in [0, 0.05) is 33.2 Å². The fourth-order valence-electron chi connectivity index (χ4n) is 2.69. The Hall–Kier alpha value is -2.29. The number of carbonyl (C=O) groups is 2. The number of rotatable bonds is 7. The summed E-state index contributed by atoms with van der Waals surface area (Å²) in [6.07, 6.45) is -3.94. The first-order valence-electron chi connectivity index (χ1n) is 8.17. The van der Waals surface area contributed by atoms with E-state index >= 15 is 0 Å². The Morgan fingerprint density at radius 3 is 2.62 bits per heavy atom. The van der Waals surface area contributed by atoms with Crippen molar-refractivity contribution in [2.75, 3.05) is 26.8 Å². The smallest absolute Gasteiger partial charge is 0.406 e. The number of ether oxygens (including phenoxy) is 2. The molecule has 144 valence electrons. The van der Waals surface area contributed by atoms with Gasteiger partial charge in [-0.15, -0.1) is 13.2 Å². The lowest BCUT2D eigenvalue weighted by molar-refractivity contribution is -0.274. The molecule has 0 aromatic heterocycles. The van der Waals surface area contributed by atoms with Crippen LogP contribution in [-0.4, -0.2) is 49.9 Å². The average molecular weight is 374 g/mol. The molecule has 2 amide bonds. The maximum atomic E-state index is 12.3. The number of methoxy groups -OCH3 is 1. The molecule has 1 aromatic carbocycles. The van der Waals surface area contributed by atoms with Gasteiger partial charge in [0.15, 0.2) is 0 Å². The quantitative estimate of drug-likeness (QED) is 0.794. The molecule has 0 saturated carbocycles. The van der Waals surface area contributed by atoms with Gasteiger partial charge in [-0.1, -0.05) is 12.1 Å². The molecule has 1 heterocycles. The Morgan fingerprint density at radius 2 is 2.00 bits per heavy atom. The summed E-state index contributed by atoms with van der Waals surface area (Å²) in [6.45, 7) is 1.38. The van der Waals surface area contributed by atoms with E-state index in [2.05, 4.69) is 10.1 Å². The molecular weight excluding hydrogens is 353 g/mol. The van der Waals surface area contributed by atoms with Gasteiger partial charge in [0.2, 0.25) is 11.8 Å². The average Bonchev–Trinajstić information content (AvgIpc) is 2.59. The van der Waals surface area contributed by atoms with Crippen LogP contribution < -0.4 is 10.1 Å². The van der Waals surface area contributed by atoms with Crippen LogP contribution in [0.5, 0.6) is 5.75 Å². The number of amides is 2. The molecule has 9 heteroatoms. The van der Waals surface area contributed by atoms with E-state index in [4.69, 9.17) is 4.74 Å². The first kappa shape index (κ1) is 20.0. The van der Waals surface area contributed by atoms with Gasteiger partial charge in [0.25, 0.3) is 0 Å². The van der Waals surface area contributed by atoms with Gasteiger partial charge >= 0.3 is 6.36 Å². The molecule has 1 saturated heterocycles. The Bertz CT molecular complexity index is 619. The van der Waals surface area contributed by atoms with Crippen LogP contribution in [0.1, 0.15) is 18.4 Å². The summed E-state index contributed by atoms with van der Waals surface area (Å²) in [5.74, 6) is -0.800. The topological polar surface area (TPSA) is 67.9 Å². The fourth-order valence-corrected chi connectivity index (χ4v) is 2.69. The van der Waals surface area contributed by atoms with E-state index in [1.807, 2.05) is 0 Å². The molecule has 1 atom stereocenters. The highest BCUT2D eigenvalue weighted by molar-refractivity contribution is 5.83. The molecule has 0 aliphatic carbocycles. The van der Waals surface area contributed by atoms with Crippen molar-refractivity contribution in [3.63, 3.8) is 0 Å². The van der Waals surface area contributed by atoms with E-state index in [0.29, 0.717) is 38.1 Å². The molecule has 1 aliphatic heterocycles. The van der Waals surface area contributed by atoms with Gasteiger partial charge in [0.05, 0.1) is 12.5 Å². The standard InChI is InChI=1S/C17H21F3N2O4/c1-25-9-8-22-11-13(4-7-15(22)23)16(24)21-10-12-2-5-14(6-3-12)26-17(18,19)20/h2-3,5-6,13H,4,7-11H2,1H3,(H,21,24). The van der Waals surface area contributed by atoms with E-state index in [-0.39, 0.29) is 30.0 Å². The predicted molar refractivity (Wildman–Crippen MR) is 86.2 cm³/mol. The molecule has 1 unspecified atom stereocenters. The summed E-state index contributed by atoms with van der Waals surface area (Å²) >= 11 is 0. The van der Waals surface area contributed by atoms with E-state index in [9.17, 15) is 22.8 Å². The summed E-state index contributed by atoms with van der Waals surface area (Å²) in [6, 6.07) is 5.30. The van der Waals surface area contributed by atoms with Gasteiger partial charge < -0.3 is 19.7 Å². The lowest BCUT2D eigenvalue weighted by atomic mass is 9.96. The molecule has 6 nitrogen and oxygen atoms in total. The maximum absolute atomic E-state index is 12.3. The van der Waals surface area contributed by atoms with Crippen molar-refractivity contribution in [3.05, 3.63) is 29.8 Å². The monoisotopic (exact) mass is 374 g/mol. The summed E-state index contributed by atoms with van der Waals surface area (Å²) < 4.78 is 45.1. The normalized spacial score (nSPS) is 17.9. The van der Waals surface area contributed by atoms with Crippen LogP contribution in [0.25, 0.3) is 0 Å². The second kappa shape index (κ2) is 8.88. The van der Waals surface area contributed by atoms with Crippen molar-refractivity contribution in [3.8, 4) is 5.75 Å². The Kier molecular flexibility index (Phi) is 6.84. The highest BCUT2D eigenvalue weighted by Gasteiger charge is 2.31. The second-order valence-corrected chi connectivity index (χ2v) is 5.98. The summed E-state index contributed by atoms with van der Waals surface area (Å²) in [4.78, 5) is 25.7. The molecule has 1 aliphatic rings. The third-order valence-electron chi connectivity index (χ3n) is 4.06. The zero-order chi connectivity index (χ0) is 19.2. The molecule has 0 bridgehead atoms. The van der Waals surface area contributed by atoms with E-state index in [0.717, 1.165) is 0 Å². The van der Waals surface area contributed by atoms with Gasteiger partial charge in [-0.25, -0.2) is 0 Å². The van der Waals surface area contributed by atoms with Crippen molar-refractivity contribution >= 4 is 11.8 Å². The van der Waals surface area contributed by atoms with Crippen molar-refractivity contribution in [1.29, 1.82) is 0 Å². The van der Waals surface area contributed by atoms with Gasteiger partial charge in [-0.3, -0.25) is 9.59 Å². The molecular formula is C17H21F3N2O4. The van der Waals surface area contributed by atoms with Gasteiger partial charge in [0.1, 0.15) is 5.75 Å². The van der Waals surface area contributed by atoms with Gasteiger partial charge in [-0.05, 0) is 24.1 Å². The van der Waals surface area contributed by atoms with E-state index in [1.165, 1.54) is 24.3 Å². The lowest BCUT2D eigenvalue weighted by Gasteiger charge is -2.31. The summed E-state index contributed by atoms with van der Waals surface area (Å²) in [5.41, 5.74) is 0.649. The van der Waals surface area contributed by atoms with Gasteiger partial charge in [-0.2, -0.15) is 0 Å². The maximum Gasteiger partial charge on any atom is 0.573 e. The molecule has 1 fully saturated rings. The molecule has 2 rings (SSSR count). The van der Waals surface area contributed by atoms with Crippen LogP contribution in [0.15, 0.2) is 24.3 Å². The van der Waals surface area contributed by atoms with Crippen molar-refractivity contribution in [1.82, 2.24) is 10.2 Å². The minimum absolute atomic E-state index is 0.00588. The van der Waals surface area contributed by atoms with Crippen LogP contribution in [0.3, 0.4) is 0 Å². The zero-order valence-electron chi connectivity index (χ0n) is 14.3. The Labute approximate surface area is 149 Å². The first-order chi connectivity index (χ1) is 12.3. The second-order valence-electron chi connectivity index (χ2n) is 5.98. The number of hydrogen-bond acceptors (Lipinski definition) is 4. The number of piperidine rings is 1. The van der Waals surface area contributed by atoms with Crippen LogP contribution in [0, 0.1) is 5.92 Å². The molecule has 26 heavy (non-hydrogen) atoms. The SMILES string of the molecule is COCCN1CC(C(=O)NCc2ccc(OC(F)(F)F)cc2)CCC1=O. The van der Waals surface area contributed by atoms with E-state index < -0.39 is 6.36 Å². The number of benzene rings is 1. The molecule has 0 radical (unpaired) electrons. The largest absolute Gasteiger partial charge is 0.573 e. The Balaban J connectivity index is 1.83. The third kappa shape index (κ3) is 6.21. The highest BCUT2D eigenvalue weighted by Crippen LogP contribution is 2.23. The predicted octanol–water partition coefficient (Wildman–Crippen LogP) is 2.09. The number of halogens is 3. The van der Waals surface area contributed by atoms with Crippen molar-refractivity contribution in [2.45, 2.75) is 25.7 Å². The first-order valence-corrected chi connectivity index (χ1v) is 8.17. The molecule has 1 aromatic rings. The number of alkyl halides is 3. The molecule has 1 N–H and O–H groups in total. The number of carbonyl (C=O) groups excluding carboxylic acids is 2. The van der Waals surface area contributed by atoms with Crippen molar-refractivity contribution in [2.24, 2.45) is 5.92 Å². The minimum atomic E-state index is -4.73. The number of hydrogen-bond donors (Lipinski definition) is 1. The Morgan fingerprint density at radius 1 is 1.31 bits per heavy atom. The van der Waals surface area contributed by atoms with Crippen LogP contribution in [-0.2, 0) is 20.9 Å². The lowest BCUT2D eigenvalue weighted by Crippen LogP contribution is -2.46. The van der Waals surface area contributed by atoms with E-state index in [1.54, 1.807) is 12.0 Å². The minimum Gasteiger partial charge on any atom is -0.406 e. The van der Waals surface area contributed by atoms with Crippen molar-refractivity contribution < 1.29 is 32.2 Å². The number of nitrogens with zero attached hydrogens (tertiary/aromatic N) is 1. The zero-order valence-corrected chi connectivity index (χ0v) is 14.3. The van der Waals surface area contributed by atoms with Crippen LogP contribution in [0.4, 0.5) is 13.2 Å². The fraction of sp³-hybridized carbons (Fsp3) is 0.529. The summed E-state index contributed by atoms with van der Waals surface area (Å²) in [5, 5.41) is 2.76. The number of likely N-dealkylation sites (tertiary alicyclic amines) is 1. The third-order valence-corrected chi connectivity index (χ3v) is 4.06. The van der Waals surface area contributed by atoms with Crippen LogP contribution >= 0.6 is 0 Å². The number of nitrogens with one attached hydrogen (secondary N) is 1.